The Hall–Kier alpha value is -1.78. The minimum Gasteiger partial charge on any atom is -0.479 e. The number of benzene rings is 2. The minimum absolute atomic E-state index is 0.216. The van der Waals surface area contributed by atoms with Crippen molar-refractivity contribution < 1.29 is 13.9 Å². The fourth-order valence-corrected chi connectivity index (χ4v) is 2.88. The van der Waals surface area contributed by atoms with Crippen molar-refractivity contribution in [3.05, 3.63) is 63.9 Å². The number of carbonyl (C=O) groups excluding carboxylic acids is 1. The monoisotopic (exact) mass is 383 g/mol. The van der Waals surface area contributed by atoms with Crippen molar-refractivity contribution in [1.82, 2.24) is 5.32 Å². The van der Waals surface area contributed by atoms with Crippen molar-refractivity contribution in [3.8, 4) is 5.75 Å². The Bertz CT molecular complexity index is 722. The second kappa shape index (κ2) is 9.07. The maximum Gasteiger partial charge on any atom is 0.261 e. The Morgan fingerprint density at radius 2 is 1.80 bits per heavy atom. The second-order valence-electron chi connectivity index (χ2n) is 5.61. The summed E-state index contributed by atoms with van der Waals surface area (Å²) in [5, 5.41) is 3.80. The highest BCUT2D eigenvalue weighted by Crippen LogP contribution is 2.29. The van der Waals surface area contributed by atoms with Crippen molar-refractivity contribution in [2.24, 2.45) is 0 Å². The van der Waals surface area contributed by atoms with Gasteiger partial charge in [0.2, 0.25) is 0 Å². The van der Waals surface area contributed by atoms with Gasteiger partial charge in [0, 0.05) is 5.02 Å². The number of hydrogen-bond acceptors (Lipinski definition) is 2. The van der Waals surface area contributed by atoms with E-state index < -0.39 is 6.10 Å². The maximum absolute atomic E-state index is 13.1. The first-order valence-electron chi connectivity index (χ1n) is 8.12. The standard InChI is InChI=1S/C19H20Cl2FNO2/c1-3-16(12-5-8-14(22)9-6-12)23-19(24)17(4-2)25-18-10-7-13(20)11-15(18)21/h5-11,16-17H,3-4H2,1-2H3,(H,23,24). The molecule has 2 aromatic carbocycles. The number of carbonyl (C=O) groups is 1. The zero-order valence-electron chi connectivity index (χ0n) is 14.1. The molecule has 0 bridgehead atoms. The Morgan fingerprint density at radius 3 is 2.36 bits per heavy atom. The van der Waals surface area contributed by atoms with E-state index >= 15 is 0 Å². The minimum atomic E-state index is -0.687. The van der Waals surface area contributed by atoms with Crippen LogP contribution in [0.1, 0.15) is 38.3 Å². The molecule has 1 N–H and O–H groups in total. The highest BCUT2D eigenvalue weighted by molar-refractivity contribution is 6.35. The molecule has 0 saturated heterocycles. The van der Waals surface area contributed by atoms with E-state index in [1.807, 2.05) is 13.8 Å². The summed E-state index contributed by atoms with van der Waals surface area (Å²) in [7, 11) is 0. The van der Waals surface area contributed by atoms with Crippen LogP contribution in [0.4, 0.5) is 4.39 Å². The summed E-state index contributed by atoms with van der Waals surface area (Å²) in [6, 6.07) is 10.7. The van der Waals surface area contributed by atoms with Gasteiger partial charge < -0.3 is 10.1 Å². The highest BCUT2D eigenvalue weighted by Gasteiger charge is 2.22. The van der Waals surface area contributed by atoms with Crippen LogP contribution in [0, 0.1) is 5.82 Å². The van der Waals surface area contributed by atoms with Gasteiger partial charge in [0.15, 0.2) is 6.10 Å². The topological polar surface area (TPSA) is 38.3 Å². The molecule has 134 valence electrons. The predicted molar refractivity (Wildman–Crippen MR) is 98.7 cm³/mol. The molecule has 2 atom stereocenters. The van der Waals surface area contributed by atoms with Gasteiger partial charge in [-0.05, 0) is 48.7 Å². The Labute approximate surface area is 157 Å². The zero-order valence-corrected chi connectivity index (χ0v) is 15.6. The number of rotatable bonds is 7. The van der Waals surface area contributed by atoms with Crippen molar-refractivity contribution in [2.45, 2.75) is 38.8 Å². The lowest BCUT2D eigenvalue weighted by atomic mass is 10.0. The summed E-state index contributed by atoms with van der Waals surface area (Å²) in [4.78, 5) is 12.6. The van der Waals surface area contributed by atoms with Crippen LogP contribution in [0.2, 0.25) is 10.0 Å². The average molecular weight is 384 g/mol. The number of ether oxygens (including phenoxy) is 1. The molecule has 0 heterocycles. The van der Waals surface area contributed by atoms with Gasteiger partial charge in [-0.15, -0.1) is 0 Å². The SMILES string of the molecule is CCC(Oc1ccc(Cl)cc1Cl)C(=O)NC(CC)c1ccc(F)cc1. The second-order valence-corrected chi connectivity index (χ2v) is 6.45. The molecular weight excluding hydrogens is 364 g/mol. The van der Waals surface area contributed by atoms with E-state index in [1.54, 1.807) is 30.3 Å². The summed E-state index contributed by atoms with van der Waals surface area (Å²) >= 11 is 12.0. The van der Waals surface area contributed by atoms with E-state index in [9.17, 15) is 9.18 Å². The molecule has 2 unspecified atom stereocenters. The third-order valence-electron chi connectivity index (χ3n) is 3.82. The first-order valence-corrected chi connectivity index (χ1v) is 8.87. The lowest BCUT2D eigenvalue weighted by Crippen LogP contribution is -2.40. The van der Waals surface area contributed by atoms with Crippen LogP contribution in [0.25, 0.3) is 0 Å². The fourth-order valence-electron chi connectivity index (χ4n) is 2.43. The summed E-state index contributed by atoms with van der Waals surface area (Å²) in [5.74, 6) is -0.148. The van der Waals surface area contributed by atoms with E-state index in [-0.39, 0.29) is 17.8 Å². The lowest BCUT2D eigenvalue weighted by molar-refractivity contribution is -0.128. The number of nitrogens with one attached hydrogen (secondary N) is 1. The first-order chi connectivity index (χ1) is 11.9. The van der Waals surface area contributed by atoms with Gasteiger partial charge >= 0.3 is 0 Å². The molecule has 0 spiro atoms. The highest BCUT2D eigenvalue weighted by atomic mass is 35.5. The van der Waals surface area contributed by atoms with Gasteiger partial charge in [0.25, 0.3) is 5.91 Å². The molecular formula is C19H20Cl2FNO2. The van der Waals surface area contributed by atoms with Crippen LogP contribution in [0.5, 0.6) is 5.75 Å². The van der Waals surface area contributed by atoms with E-state index in [4.69, 9.17) is 27.9 Å². The van der Waals surface area contributed by atoms with E-state index in [2.05, 4.69) is 5.32 Å². The molecule has 0 aliphatic rings. The third kappa shape index (κ3) is 5.35. The van der Waals surface area contributed by atoms with E-state index in [0.717, 1.165) is 5.56 Å². The Kier molecular flexibility index (Phi) is 7.09. The Balaban J connectivity index is 2.08. The molecule has 25 heavy (non-hydrogen) atoms. The zero-order chi connectivity index (χ0) is 18.4. The molecule has 0 aromatic heterocycles. The van der Waals surface area contributed by atoms with Gasteiger partial charge in [-0.2, -0.15) is 0 Å². The van der Waals surface area contributed by atoms with Crippen molar-refractivity contribution >= 4 is 29.1 Å². The molecule has 3 nitrogen and oxygen atoms in total. The van der Waals surface area contributed by atoms with Crippen LogP contribution in [0.3, 0.4) is 0 Å². The fraction of sp³-hybridized carbons (Fsp3) is 0.316. The summed E-state index contributed by atoms with van der Waals surface area (Å²) in [6.45, 7) is 3.80. The van der Waals surface area contributed by atoms with E-state index in [1.165, 1.54) is 12.1 Å². The summed E-state index contributed by atoms with van der Waals surface area (Å²) in [6.07, 6.45) is 0.466. The maximum atomic E-state index is 13.1. The summed E-state index contributed by atoms with van der Waals surface area (Å²) in [5.41, 5.74) is 0.844. The van der Waals surface area contributed by atoms with Gasteiger partial charge in [-0.1, -0.05) is 49.2 Å². The van der Waals surface area contributed by atoms with Crippen LogP contribution in [0.15, 0.2) is 42.5 Å². The largest absolute Gasteiger partial charge is 0.479 e. The Morgan fingerprint density at radius 1 is 1.12 bits per heavy atom. The van der Waals surface area contributed by atoms with E-state index in [0.29, 0.717) is 28.6 Å². The molecule has 2 rings (SSSR count). The average Bonchev–Trinajstić information content (AvgIpc) is 2.59. The number of halogens is 3. The summed E-state index contributed by atoms with van der Waals surface area (Å²) < 4.78 is 18.8. The molecule has 1 amide bonds. The third-order valence-corrected chi connectivity index (χ3v) is 4.35. The molecule has 0 fully saturated rings. The molecule has 0 saturated carbocycles. The van der Waals surface area contributed by atoms with Crippen LogP contribution < -0.4 is 10.1 Å². The van der Waals surface area contributed by atoms with Gasteiger partial charge in [-0.3, -0.25) is 4.79 Å². The smallest absolute Gasteiger partial charge is 0.261 e. The van der Waals surface area contributed by atoms with Crippen LogP contribution in [-0.2, 0) is 4.79 Å². The molecule has 6 heteroatoms. The quantitative estimate of drug-likeness (QED) is 0.679. The molecule has 2 aromatic rings. The number of hydrogen-bond donors (Lipinski definition) is 1. The van der Waals surface area contributed by atoms with Crippen LogP contribution in [-0.4, -0.2) is 12.0 Å². The van der Waals surface area contributed by atoms with Crippen molar-refractivity contribution in [3.63, 3.8) is 0 Å². The van der Waals surface area contributed by atoms with Crippen molar-refractivity contribution in [2.75, 3.05) is 0 Å². The molecule has 0 aliphatic heterocycles. The predicted octanol–water partition coefficient (Wildman–Crippen LogP) is 5.56. The van der Waals surface area contributed by atoms with Gasteiger partial charge in [-0.25, -0.2) is 4.39 Å². The van der Waals surface area contributed by atoms with Gasteiger partial charge in [0.05, 0.1) is 11.1 Å². The first kappa shape index (κ1) is 19.5. The molecule has 0 aliphatic carbocycles. The number of amides is 1. The lowest BCUT2D eigenvalue weighted by Gasteiger charge is -2.23. The molecule has 0 radical (unpaired) electrons. The normalized spacial score (nSPS) is 13.2. The van der Waals surface area contributed by atoms with Gasteiger partial charge in [0.1, 0.15) is 11.6 Å². The van der Waals surface area contributed by atoms with Crippen LogP contribution >= 0.6 is 23.2 Å². The van der Waals surface area contributed by atoms with Crippen molar-refractivity contribution in [1.29, 1.82) is 0 Å².